The van der Waals surface area contributed by atoms with Crippen LogP contribution in [-0.2, 0) is 12.0 Å². The molecule has 1 heterocycles. The third kappa shape index (κ3) is 3.43. The van der Waals surface area contributed by atoms with Crippen LogP contribution in [0.5, 0.6) is 11.6 Å². The smallest absolute Gasteiger partial charge is 0.222 e. The molecule has 0 saturated carbocycles. The van der Waals surface area contributed by atoms with Gasteiger partial charge in [0, 0.05) is 5.39 Å². The summed E-state index contributed by atoms with van der Waals surface area (Å²) in [5, 5.41) is 14.0. The summed E-state index contributed by atoms with van der Waals surface area (Å²) in [5.74, 6) is 0.658. The van der Waals surface area contributed by atoms with Gasteiger partial charge in [-0.2, -0.15) is 0 Å². The van der Waals surface area contributed by atoms with Crippen LogP contribution in [0.15, 0.2) is 47.6 Å². The number of nitroso groups, excluding NO2 is 1. The predicted octanol–water partition coefficient (Wildman–Crippen LogP) is 5.43. The second kappa shape index (κ2) is 6.83. The Labute approximate surface area is 153 Å². The van der Waals surface area contributed by atoms with Crippen molar-refractivity contribution in [1.29, 1.82) is 0 Å². The lowest BCUT2D eigenvalue weighted by atomic mass is 9.87. The van der Waals surface area contributed by atoms with Gasteiger partial charge in [-0.25, -0.2) is 0 Å². The van der Waals surface area contributed by atoms with Gasteiger partial charge in [0.15, 0.2) is 5.69 Å². The van der Waals surface area contributed by atoms with Gasteiger partial charge in [-0.05, 0) is 47.3 Å². The van der Waals surface area contributed by atoms with Gasteiger partial charge in [-0.15, -0.1) is 4.91 Å². The van der Waals surface area contributed by atoms with Gasteiger partial charge in [0.25, 0.3) is 0 Å². The van der Waals surface area contributed by atoms with Crippen LogP contribution in [0, 0.1) is 11.8 Å². The van der Waals surface area contributed by atoms with Crippen molar-refractivity contribution in [3.05, 3.63) is 58.5 Å². The summed E-state index contributed by atoms with van der Waals surface area (Å²) in [5.41, 5.74) is 3.21. The Balaban J connectivity index is 1.76. The maximum absolute atomic E-state index is 11.1. The molecule has 0 atom stereocenters. The standard InChI is InChI=1S/C21H24N2O3/c1-14-5-10-18-17(13-14)19(22-25)20(24)23(18)11-12-26-16-8-6-15(7-9-16)21(2,3)4/h5-10,13,24H,11-12H2,1-4H3. The Kier molecular flexibility index (Phi) is 4.72. The van der Waals surface area contributed by atoms with Gasteiger partial charge in [0.2, 0.25) is 5.88 Å². The number of rotatable bonds is 5. The molecule has 2 aromatic carbocycles. The summed E-state index contributed by atoms with van der Waals surface area (Å²) >= 11 is 0. The van der Waals surface area contributed by atoms with Crippen LogP contribution in [-0.4, -0.2) is 16.3 Å². The zero-order valence-electron chi connectivity index (χ0n) is 15.6. The van der Waals surface area contributed by atoms with E-state index in [4.69, 9.17) is 4.74 Å². The van der Waals surface area contributed by atoms with Crippen molar-refractivity contribution in [1.82, 2.24) is 4.57 Å². The number of aryl methyl sites for hydroxylation is 1. The van der Waals surface area contributed by atoms with Gasteiger partial charge in [0.1, 0.15) is 12.4 Å². The number of ether oxygens (including phenoxy) is 1. The molecule has 3 rings (SSSR count). The lowest BCUT2D eigenvalue weighted by molar-refractivity contribution is 0.290. The molecule has 0 spiro atoms. The largest absolute Gasteiger partial charge is 0.493 e. The number of aromatic hydroxyl groups is 1. The van der Waals surface area contributed by atoms with Crippen LogP contribution >= 0.6 is 0 Å². The Morgan fingerprint density at radius 3 is 2.42 bits per heavy atom. The summed E-state index contributed by atoms with van der Waals surface area (Å²) in [6.45, 7) is 9.24. The topological polar surface area (TPSA) is 63.8 Å². The number of fused-ring (bicyclic) bond motifs is 1. The zero-order valence-corrected chi connectivity index (χ0v) is 15.6. The number of nitrogens with zero attached hydrogens (tertiary/aromatic N) is 2. The normalized spacial score (nSPS) is 11.7. The van der Waals surface area contributed by atoms with Gasteiger partial charge < -0.3 is 14.4 Å². The number of benzene rings is 2. The maximum Gasteiger partial charge on any atom is 0.222 e. The monoisotopic (exact) mass is 352 g/mol. The molecule has 0 radical (unpaired) electrons. The highest BCUT2D eigenvalue weighted by molar-refractivity contribution is 5.95. The van der Waals surface area contributed by atoms with E-state index in [0.29, 0.717) is 18.5 Å². The number of aromatic nitrogens is 1. The summed E-state index contributed by atoms with van der Waals surface area (Å²) in [6, 6.07) is 13.7. The van der Waals surface area contributed by atoms with Crippen LogP contribution in [0.1, 0.15) is 31.9 Å². The second-order valence-electron chi connectivity index (χ2n) is 7.56. The summed E-state index contributed by atoms with van der Waals surface area (Å²) in [4.78, 5) is 11.1. The molecule has 1 N–H and O–H groups in total. The fourth-order valence-corrected chi connectivity index (χ4v) is 3.06. The van der Waals surface area contributed by atoms with Gasteiger partial charge in [-0.1, -0.05) is 44.5 Å². The number of hydrogen-bond donors (Lipinski definition) is 1. The van der Waals surface area contributed by atoms with Crippen LogP contribution in [0.25, 0.3) is 10.9 Å². The fraction of sp³-hybridized carbons (Fsp3) is 0.333. The second-order valence-corrected chi connectivity index (χ2v) is 7.56. The molecule has 136 valence electrons. The van der Waals surface area contributed by atoms with Gasteiger partial charge in [0.05, 0.1) is 12.1 Å². The summed E-state index contributed by atoms with van der Waals surface area (Å²) in [6.07, 6.45) is 0. The van der Waals surface area contributed by atoms with E-state index in [1.165, 1.54) is 5.56 Å². The Morgan fingerprint density at radius 2 is 1.81 bits per heavy atom. The van der Waals surface area contributed by atoms with E-state index in [-0.39, 0.29) is 17.0 Å². The van der Waals surface area contributed by atoms with Crippen LogP contribution in [0.4, 0.5) is 5.69 Å². The molecule has 0 aliphatic rings. The van der Waals surface area contributed by atoms with Crippen LogP contribution in [0.3, 0.4) is 0 Å². The first-order valence-corrected chi connectivity index (χ1v) is 8.70. The van der Waals surface area contributed by atoms with Crippen molar-refractivity contribution >= 4 is 16.6 Å². The molecule has 26 heavy (non-hydrogen) atoms. The molecule has 1 aromatic heterocycles. The first kappa shape index (κ1) is 18.0. The van der Waals surface area contributed by atoms with E-state index in [2.05, 4.69) is 38.1 Å². The molecule has 3 aromatic rings. The van der Waals surface area contributed by atoms with Crippen molar-refractivity contribution in [3.63, 3.8) is 0 Å². The Morgan fingerprint density at radius 1 is 1.12 bits per heavy atom. The van der Waals surface area contributed by atoms with Crippen molar-refractivity contribution < 1.29 is 9.84 Å². The third-order valence-electron chi connectivity index (χ3n) is 4.56. The first-order chi connectivity index (χ1) is 12.3. The van der Waals surface area contributed by atoms with Crippen molar-refractivity contribution in [2.45, 2.75) is 39.7 Å². The average molecular weight is 352 g/mol. The fourth-order valence-electron chi connectivity index (χ4n) is 3.06. The molecule has 0 unspecified atom stereocenters. The van der Waals surface area contributed by atoms with Crippen molar-refractivity contribution in [2.24, 2.45) is 5.18 Å². The van der Waals surface area contributed by atoms with Crippen LogP contribution < -0.4 is 4.74 Å². The lowest BCUT2D eigenvalue weighted by Gasteiger charge is -2.19. The predicted molar refractivity (Wildman–Crippen MR) is 104 cm³/mol. The molecule has 0 amide bonds. The van der Waals surface area contributed by atoms with E-state index in [1.54, 1.807) is 4.57 Å². The molecular formula is C21H24N2O3. The Bertz CT molecular complexity index is 935. The minimum Gasteiger partial charge on any atom is -0.493 e. The average Bonchev–Trinajstić information content (AvgIpc) is 2.85. The molecule has 0 fully saturated rings. The maximum atomic E-state index is 11.1. The van der Waals surface area contributed by atoms with Gasteiger partial charge >= 0.3 is 0 Å². The third-order valence-corrected chi connectivity index (χ3v) is 4.56. The van der Waals surface area contributed by atoms with Crippen molar-refractivity contribution in [2.75, 3.05) is 6.61 Å². The quantitative estimate of drug-likeness (QED) is 0.623. The van der Waals surface area contributed by atoms with E-state index in [0.717, 1.165) is 16.8 Å². The SMILES string of the molecule is Cc1ccc2c(c1)c(N=O)c(O)n2CCOc1ccc(C(C)(C)C)cc1. The van der Waals surface area contributed by atoms with Gasteiger partial charge in [-0.3, -0.25) is 0 Å². The lowest BCUT2D eigenvalue weighted by Crippen LogP contribution is -2.11. The molecule has 5 heteroatoms. The highest BCUT2D eigenvalue weighted by atomic mass is 16.5. The highest BCUT2D eigenvalue weighted by Crippen LogP contribution is 2.38. The summed E-state index contributed by atoms with van der Waals surface area (Å²) in [7, 11) is 0. The van der Waals surface area contributed by atoms with E-state index in [1.807, 2.05) is 37.3 Å². The molecule has 0 saturated heterocycles. The van der Waals surface area contributed by atoms with Crippen LogP contribution in [0.2, 0.25) is 0 Å². The number of hydrogen-bond acceptors (Lipinski definition) is 4. The molecule has 0 bridgehead atoms. The minimum atomic E-state index is -0.118. The molecular weight excluding hydrogens is 328 g/mol. The minimum absolute atomic E-state index is 0.0817. The first-order valence-electron chi connectivity index (χ1n) is 8.70. The van der Waals surface area contributed by atoms with Crippen molar-refractivity contribution in [3.8, 4) is 11.6 Å². The molecule has 0 aliphatic carbocycles. The van der Waals surface area contributed by atoms with E-state index >= 15 is 0 Å². The van der Waals surface area contributed by atoms with E-state index in [9.17, 15) is 10.0 Å². The molecule has 0 aliphatic heterocycles. The van der Waals surface area contributed by atoms with E-state index < -0.39 is 0 Å². The zero-order chi connectivity index (χ0) is 18.9. The Hall–Kier alpha value is -2.82. The summed E-state index contributed by atoms with van der Waals surface area (Å²) < 4.78 is 7.47. The molecule has 5 nitrogen and oxygen atoms in total. The highest BCUT2D eigenvalue weighted by Gasteiger charge is 2.17.